The fraction of sp³-hybridized carbons (Fsp3) is 0.333. The Morgan fingerprint density at radius 1 is 1.40 bits per heavy atom. The molecule has 6 nitrogen and oxygen atoms in total. The predicted octanol–water partition coefficient (Wildman–Crippen LogP) is 2.66. The topological polar surface area (TPSA) is 72.7 Å². The molecule has 128 valence electrons. The molecule has 0 radical (unpaired) electrons. The van der Waals surface area contributed by atoms with Gasteiger partial charge < -0.3 is 5.32 Å². The van der Waals surface area contributed by atoms with Crippen molar-refractivity contribution in [1.29, 1.82) is 0 Å². The molecule has 0 saturated heterocycles. The Balaban J connectivity index is 1.64. The molecule has 2 aromatic heterocycles. The molecule has 1 aliphatic carbocycles. The Kier molecular flexibility index (Phi) is 3.91. The maximum absolute atomic E-state index is 13.7. The first-order chi connectivity index (χ1) is 12.1. The second-order valence-corrected chi connectivity index (χ2v) is 6.52. The zero-order chi connectivity index (χ0) is 17.4. The summed E-state index contributed by atoms with van der Waals surface area (Å²) < 4.78 is 15.3. The third kappa shape index (κ3) is 3.35. The van der Waals surface area contributed by atoms with Crippen molar-refractivity contribution in [2.24, 2.45) is 0 Å². The Hall–Kier alpha value is -2.83. The van der Waals surface area contributed by atoms with Gasteiger partial charge in [-0.1, -0.05) is 0 Å². The largest absolute Gasteiger partial charge is 0.348 e. The molecule has 1 unspecified atom stereocenters. The Bertz CT molecular complexity index is 921. The maximum Gasteiger partial charge on any atom is 0.252 e. The van der Waals surface area contributed by atoms with Crippen molar-refractivity contribution in [2.75, 3.05) is 0 Å². The van der Waals surface area contributed by atoms with Gasteiger partial charge in [-0.25, -0.2) is 9.37 Å². The summed E-state index contributed by atoms with van der Waals surface area (Å²) in [7, 11) is 0. The van der Waals surface area contributed by atoms with Crippen LogP contribution in [0.2, 0.25) is 0 Å². The van der Waals surface area contributed by atoms with E-state index in [9.17, 15) is 9.18 Å². The van der Waals surface area contributed by atoms with E-state index in [1.54, 1.807) is 23.1 Å². The van der Waals surface area contributed by atoms with Crippen molar-refractivity contribution >= 4 is 16.8 Å². The first-order valence-electron chi connectivity index (χ1n) is 8.33. The van der Waals surface area contributed by atoms with Crippen LogP contribution in [0.15, 0.2) is 36.9 Å². The van der Waals surface area contributed by atoms with Crippen molar-refractivity contribution in [1.82, 2.24) is 25.1 Å². The smallest absolute Gasteiger partial charge is 0.252 e. The molecule has 2 heterocycles. The summed E-state index contributed by atoms with van der Waals surface area (Å²) in [5.41, 5.74) is 2.03. The summed E-state index contributed by atoms with van der Waals surface area (Å²) in [6, 6.07) is 6.04. The average molecular weight is 339 g/mol. The number of fused-ring (bicyclic) bond motifs is 1. The molecule has 1 aliphatic rings. The third-order valence-corrected chi connectivity index (χ3v) is 4.34. The molecular formula is C18H18FN5O. The normalized spacial score (nSPS) is 15.3. The second-order valence-electron chi connectivity index (χ2n) is 6.52. The van der Waals surface area contributed by atoms with Crippen LogP contribution in [-0.2, 0) is 6.54 Å². The van der Waals surface area contributed by atoms with Crippen LogP contribution >= 0.6 is 0 Å². The van der Waals surface area contributed by atoms with Crippen molar-refractivity contribution < 1.29 is 9.18 Å². The van der Waals surface area contributed by atoms with Crippen LogP contribution < -0.4 is 5.32 Å². The number of pyridine rings is 1. The highest BCUT2D eigenvalue weighted by molar-refractivity contribution is 6.06. The van der Waals surface area contributed by atoms with Crippen LogP contribution in [0.4, 0.5) is 4.39 Å². The van der Waals surface area contributed by atoms with Crippen LogP contribution in [0.1, 0.15) is 41.7 Å². The number of hydrogen-bond donors (Lipinski definition) is 1. The Morgan fingerprint density at radius 2 is 2.24 bits per heavy atom. The van der Waals surface area contributed by atoms with Gasteiger partial charge >= 0.3 is 0 Å². The molecule has 4 rings (SSSR count). The molecule has 3 aromatic rings. The van der Waals surface area contributed by atoms with Crippen LogP contribution in [0.25, 0.3) is 10.9 Å². The lowest BCUT2D eigenvalue weighted by molar-refractivity contribution is 0.0937. The van der Waals surface area contributed by atoms with E-state index >= 15 is 0 Å². The molecule has 0 aliphatic heterocycles. The fourth-order valence-electron chi connectivity index (χ4n) is 2.95. The lowest BCUT2D eigenvalue weighted by atomic mass is 10.0. The minimum absolute atomic E-state index is 0.143. The molecule has 0 spiro atoms. The summed E-state index contributed by atoms with van der Waals surface area (Å²) in [6.07, 6.45) is 5.23. The number of amides is 1. The van der Waals surface area contributed by atoms with E-state index in [1.165, 1.54) is 18.5 Å². The number of nitrogens with one attached hydrogen (secondary N) is 1. The Morgan fingerprint density at radius 3 is 2.96 bits per heavy atom. The molecule has 25 heavy (non-hydrogen) atoms. The molecule has 1 N–H and O–H groups in total. The van der Waals surface area contributed by atoms with Crippen LogP contribution in [-0.4, -0.2) is 31.7 Å². The number of aromatic nitrogens is 4. The molecule has 1 amide bonds. The first-order valence-corrected chi connectivity index (χ1v) is 8.33. The van der Waals surface area contributed by atoms with Gasteiger partial charge in [0.05, 0.1) is 17.6 Å². The zero-order valence-electron chi connectivity index (χ0n) is 13.8. The van der Waals surface area contributed by atoms with Gasteiger partial charge in [-0.2, -0.15) is 5.10 Å². The molecule has 1 saturated carbocycles. The van der Waals surface area contributed by atoms with Gasteiger partial charge in [-0.15, -0.1) is 0 Å². The van der Waals surface area contributed by atoms with Crippen molar-refractivity contribution in [3.63, 3.8) is 0 Å². The molecule has 7 heteroatoms. The highest BCUT2D eigenvalue weighted by Gasteiger charge is 2.27. The number of carbonyl (C=O) groups excluding carboxylic acids is 1. The predicted molar refractivity (Wildman–Crippen MR) is 90.6 cm³/mol. The minimum Gasteiger partial charge on any atom is -0.348 e. The number of halogens is 1. The van der Waals surface area contributed by atoms with E-state index in [0.717, 1.165) is 18.5 Å². The number of hydrogen-bond acceptors (Lipinski definition) is 4. The van der Waals surface area contributed by atoms with E-state index < -0.39 is 0 Å². The highest BCUT2D eigenvalue weighted by atomic mass is 19.1. The fourth-order valence-corrected chi connectivity index (χ4v) is 2.95. The van der Waals surface area contributed by atoms with Crippen LogP contribution in [0, 0.1) is 5.82 Å². The summed E-state index contributed by atoms with van der Waals surface area (Å²) in [4.78, 5) is 21.3. The standard InChI is InChI=1S/C18H18FN5O/c1-11(8-24-10-20-9-21-24)22-18(25)15-7-17(12-2-3-12)23-16-5-4-13(19)6-14(15)16/h4-7,9-12H,2-3,8H2,1H3,(H,22,25). The number of carbonyl (C=O) groups is 1. The van der Waals surface area contributed by atoms with Gasteiger partial charge in [0, 0.05) is 23.0 Å². The minimum atomic E-state index is -0.377. The van der Waals surface area contributed by atoms with Gasteiger partial charge in [-0.3, -0.25) is 14.5 Å². The number of rotatable bonds is 5. The number of nitrogens with zero attached hydrogens (tertiary/aromatic N) is 4. The van der Waals surface area contributed by atoms with Crippen LogP contribution in [0.3, 0.4) is 0 Å². The number of benzene rings is 1. The lowest BCUT2D eigenvalue weighted by Crippen LogP contribution is -2.36. The summed E-state index contributed by atoms with van der Waals surface area (Å²) in [6.45, 7) is 2.41. The molecule has 0 bridgehead atoms. The van der Waals surface area contributed by atoms with Gasteiger partial charge in [0.15, 0.2) is 0 Å². The summed E-state index contributed by atoms with van der Waals surface area (Å²) >= 11 is 0. The van der Waals surface area contributed by atoms with Crippen LogP contribution in [0.5, 0.6) is 0 Å². The quantitative estimate of drug-likeness (QED) is 0.776. The monoisotopic (exact) mass is 339 g/mol. The van der Waals surface area contributed by atoms with E-state index in [2.05, 4.69) is 20.4 Å². The maximum atomic E-state index is 13.7. The van der Waals surface area contributed by atoms with Gasteiger partial charge in [0.2, 0.25) is 0 Å². The highest BCUT2D eigenvalue weighted by Crippen LogP contribution is 2.40. The average Bonchev–Trinajstić information content (AvgIpc) is 3.32. The lowest BCUT2D eigenvalue weighted by Gasteiger charge is -2.15. The zero-order valence-corrected chi connectivity index (χ0v) is 13.8. The third-order valence-electron chi connectivity index (χ3n) is 4.34. The van der Waals surface area contributed by atoms with E-state index in [1.807, 2.05) is 6.92 Å². The molecular weight excluding hydrogens is 321 g/mol. The molecule has 1 fully saturated rings. The van der Waals surface area contributed by atoms with Crippen molar-refractivity contribution in [3.8, 4) is 0 Å². The van der Waals surface area contributed by atoms with Gasteiger partial charge in [0.1, 0.15) is 18.5 Å². The van der Waals surface area contributed by atoms with Gasteiger partial charge in [0.25, 0.3) is 5.91 Å². The summed E-state index contributed by atoms with van der Waals surface area (Å²) in [5.74, 6) is -0.195. The Labute approximate surface area is 144 Å². The SMILES string of the molecule is CC(Cn1cncn1)NC(=O)c1cc(C2CC2)nc2ccc(F)cc12. The molecule has 1 aromatic carbocycles. The second kappa shape index (κ2) is 6.23. The van der Waals surface area contributed by atoms with E-state index in [-0.39, 0.29) is 17.8 Å². The molecule has 1 atom stereocenters. The van der Waals surface area contributed by atoms with Gasteiger partial charge in [-0.05, 0) is 44.0 Å². The van der Waals surface area contributed by atoms with E-state index in [0.29, 0.717) is 28.9 Å². The summed E-state index contributed by atoms with van der Waals surface area (Å²) in [5, 5.41) is 7.53. The van der Waals surface area contributed by atoms with Crippen molar-refractivity contribution in [3.05, 3.63) is 54.0 Å². The first kappa shape index (κ1) is 15.7. The van der Waals surface area contributed by atoms with Crippen molar-refractivity contribution in [2.45, 2.75) is 38.3 Å². The van der Waals surface area contributed by atoms with E-state index in [4.69, 9.17) is 0 Å².